The van der Waals surface area contributed by atoms with Crippen LogP contribution in [0.3, 0.4) is 0 Å². The summed E-state index contributed by atoms with van der Waals surface area (Å²) in [7, 11) is 0. The van der Waals surface area contributed by atoms with Gasteiger partial charge in [0.1, 0.15) is 0 Å². The third kappa shape index (κ3) is 8.63. The van der Waals surface area contributed by atoms with Gasteiger partial charge in [-0.2, -0.15) is 11.8 Å². The fourth-order valence-corrected chi connectivity index (χ4v) is 4.64. The number of ether oxygens (including phenoxy) is 2. The Kier molecular flexibility index (Phi) is 11.7. The number of aliphatic imine (C=N–C) groups is 1. The lowest BCUT2D eigenvalue weighted by atomic mass is 10.1. The van der Waals surface area contributed by atoms with E-state index < -0.39 is 0 Å². The summed E-state index contributed by atoms with van der Waals surface area (Å²) in [6, 6.07) is 9.13. The SMILES string of the molecule is CCNC(=NCc1cccc(COC2CCOCC2)c1)NC1CCC(SC)C1.I. The fraction of sp³-hybridized carbons (Fsp3) is 0.682. The third-order valence-electron chi connectivity index (χ3n) is 5.47. The van der Waals surface area contributed by atoms with Crippen LogP contribution in [0.2, 0.25) is 0 Å². The van der Waals surface area contributed by atoms with E-state index in [9.17, 15) is 0 Å². The Bertz CT molecular complexity index is 626. The molecule has 1 aliphatic heterocycles. The number of rotatable bonds is 8. The summed E-state index contributed by atoms with van der Waals surface area (Å²) in [5.41, 5.74) is 2.44. The van der Waals surface area contributed by atoms with Crippen LogP contribution in [0.4, 0.5) is 0 Å². The monoisotopic (exact) mass is 533 g/mol. The largest absolute Gasteiger partial charge is 0.381 e. The van der Waals surface area contributed by atoms with Gasteiger partial charge in [0.25, 0.3) is 0 Å². The van der Waals surface area contributed by atoms with E-state index >= 15 is 0 Å². The minimum absolute atomic E-state index is 0. The molecule has 0 bridgehead atoms. The molecule has 0 amide bonds. The Balaban J connectivity index is 0.00000300. The molecule has 0 radical (unpaired) electrons. The van der Waals surface area contributed by atoms with Crippen molar-refractivity contribution in [3.05, 3.63) is 35.4 Å². The lowest BCUT2D eigenvalue weighted by molar-refractivity contribution is -0.0390. The van der Waals surface area contributed by atoms with Gasteiger partial charge in [0.2, 0.25) is 0 Å². The summed E-state index contributed by atoms with van der Waals surface area (Å²) in [5, 5.41) is 7.80. The molecule has 0 aromatic heterocycles. The number of hydrogen-bond donors (Lipinski definition) is 2. The minimum atomic E-state index is 0. The smallest absolute Gasteiger partial charge is 0.191 e. The average molecular weight is 534 g/mol. The van der Waals surface area contributed by atoms with Gasteiger partial charge >= 0.3 is 0 Å². The first kappa shape index (κ1) is 24.8. The molecule has 2 N–H and O–H groups in total. The Morgan fingerprint density at radius 2 is 2.00 bits per heavy atom. The normalized spacial score (nSPS) is 22.9. The topological polar surface area (TPSA) is 54.9 Å². The predicted molar refractivity (Wildman–Crippen MR) is 133 cm³/mol. The van der Waals surface area contributed by atoms with E-state index in [0.29, 0.717) is 25.3 Å². The number of halogens is 1. The van der Waals surface area contributed by atoms with Gasteiger partial charge in [-0.1, -0.05) is 24.3 Å². The highest BCUT2D eigenvalue weighted by molar-refractivity contribution is 14.0. The van der Waals surface area contributed by atoms with E-state index in [1.807, 2.05) is 11.8 Å². The molecule has 29 heavy (non-hydrogen) atoms. The predicted octanol–water partition coefficient (Wildman–Crippen LogP) is 4.34. The lowest BCUT2D eigenvalue weighted by Gasteiger charge is -2.22. The highest BCUT2D eigenvalue weighted by Gasteiger charge is 2.24. The molecule has 164 valence electrons. The highest BCUT2D eigenvalue weighted by atomic mass is 127. The van der Waals surface area contributed by atoms with Gasteiger partial charge < -0.3 is 20.1 Å². The molecule has 2 fully saturated rings. The van der Waals surface area contributed by atoms with Crippen molar-refractivity contribution in [3.8, 4) is 0 Å². The Labute approximate surface area is 197 Å². The highest BCUT2D eigenvalue weighted by Crippen LogP contribution is 2.28. The van der Waals surface area contributed by atoms with E-state index in [1.54, 1.807) is 0 Å². The van der Waals surface area contributed by atoms with Crippen LogP contribution in [0.15, 0.2) is 29.3 Å². The fourth-order valence-electron chi connectivity index (χ4n) is 3.84. The summed E-state index contributed by atoms with van der Waals surface area (Å²) in [6.07, 6.45) is 8.30. The van der Waals surface area contributed by atoms with Crippen LogP contribution in [0.5, 0.6) is 0 Å². The van der Waals surface area contributed by atoms with Gasteiger partial charge in [-0.15, -0.1) is 24.0 Å². The molecular formula is C22H36IN3O2S. The van der Waals surface area contributed by atoms with Crippen LogP contribution >= 0.6 is 35.7 Å². The van der Waals surface area contributed by atoms with E-state index in [1.165, 1.54) is 30.4 Å². The van der Waals surface area contributed by atoms with Crippen molar-refractivity contribution < 1.29 is 9.47 Å². The first-order chi connectivity index (χ1) is 13.8. The molecule has 2 unspecified atom stereocenters. The summed E-state index contributed by atoms with van der Waals surface area (Å²) in [5.74, 6) is 0.929. The molecule has 3 rings (SSSR count). The summed E-state index contributed by atoms with van der Waals surface area (Å²) >= 11 is 1.98. The minimum Gasteiger partial charge on any atom is -0.381 e. The molecule has 1 heterocycles. The zero-order valence-electron chi connectivity index (χ0n) is 17.7. The van der Waals surface area contributed by atoms with Crippen molar-refractivity contribution in [3.63, 3.8) is 0 Å². The quantitative estimate of drug-likeness (QED) is 0.296. The zero-order chi connectivity index (χ0) is 19.6. The van der Waals surface area contributed by atoms with Gasteiger partial charge in [0.05, 0.1) is 19.3 Å². The van der Waals surface area contributed by atoms with Crippen molar-refractivity contribution in [1.82, 2.24) is 10.6 Å². The second-order valence-corrected chi connectivity index (χ2v) is 8.79. The maximum atomic E-state index is 6.05. The van der Waals surface area contributed by atoms with Gasteiger partial charge in [0.15, 0.2) is 5.96 Å². The van der Waals surface area contributed by atoms with Crippen molar-refractivity contribution in [1.29, 1.82) is 0 Å². The molecule has 1 aliphatic carbocycles. The van der Waals surface area contributed by atoms with E-state index in [2.05, 4.69) is 48.1 Å². The molecule has 0 spiro atoms. The number of benzene rings is 1. The van der Waals surface area contributed by atoms with Gasteiger partial charge in [0, 0.05) is 31.1 Å². The molecule has 2 aliphatic rings. The van der Waals surface area contributed by atoms with Crippen LogP contribution in [0.25, 0.3) is 0 Å². The number of thioether (sulfide) groups is 1. The molecule has 1 aromatic rings. The van der Waals surface area contributed by atoms with Gasteiger partial charge in [-0.3, -0.25) is 0 Å². The molecule has 5 nitrogen and oxygen atoms in total. The maximum Gasteiger partial charge on any atom is 0.191 e. The van der Waals surface area contributed by atoms with Crippen LogP contribution < -0.4 is 10.6 Å². The molecule has 1 saturated carbocycles. The van der Waals surface area contributed by atoms with Gasteiger partial charge in [-0.05, 0) is 56.4 Å². The lowest BCUT2D eigenvalue weighted by Crippen LogP contribution is -2.42. The van der Waals surface area contributed by atoms with E-state index in [-0.39, 0.29) is 24.0 Å². The zero-order valence-corrected chi connectivity index (χ0v) is 20.8. The van der Waals surface area contributed by atoms with Crippen molar-refractivity contribution in [2.45, 2.75) is 69.6 Å². The summed E-state index contributed by atoms with van der Waals surface area (Å²) in [6.45, 7) is 5.97. The Morgan fingerprint density at radius 3 is 2.72 bits per heavy atom. The van der Waals surface area contributed by atoms with Crippen molar-refractivity contribution in [2.24, 2.45) is 4.99 Å². The van der Waals surface area contributed by atoms with Crippen LogP contribution in [0.1, 0.15) is 50.2 Å². The molecule has 7 heteroatoms. The van der Waals surface area contributed by atoms with Crippen molar-refractivity contribution >= 4 is 41.7 Å². The standard InChI is InChI=1S/C22H35N3O2S.HI/c1-3-23-22(25-19-7-8-21(14-19)28-2)24-15-17-5-4-6-18(13-17)16-27-20-9-11-26-12-10-20;/h4-6,13,19-21H,3,7-12,14-16H2,1-2H3,(H2,23,24,25);1H. The average Bonchev–Trinajstić information content (AvgIpc) is 3.19. The van der Waals surface area contributed by atoms with Crippen LogP contribution in [-0.2, 0) is 22.6 Å². The Hall–Kier alpha value is -0.510. The number of guanidine groups is 1. The molecule has 1 saturated heterocycles. The Morgan fingerprint density at radius 1 is 1.21 bits per heavy atom. The second kappa shape index (κ2) is 13.7. The first-order valence-corrected chi connectivity index (χ1v) is 11.9. The maximum absolute atomic E-state index is 6.05. The summed E-state index contributed by atoms with van der Waals surface area (Å²) in [4.78, 5) is 4.82. The van der Waals surface area contributed by atoms with Crippen LogP contribution in [0, 0.1) is 0 Å². The molecular weight excluding hydrogens is 497 g/mol. The molecule has 1 aromatic carbocycles. The number of nitrogens with one attached hydrogen (secondary N) is 2. The number of nitrogens with zero attached hydrogens (tertiary/aromatic N) is 1. The third-order valence-corrected chi connectivity index (χ3v) is 6.56. The van der Waals surface area contributed by atoms with Crippen LogP contribution in [-0.4, -0.2) is 49.4 Å². The van der Waals surface area contributed by atoms with E-state index in [0.717, 1.165) is 43.8 Å². The number of hydrogen-bond acceptors (Lipinski definition) is 4. The van der Waals surface area contributed by atoms with Crippen molar-refractivity contribution in [2.75, 3.05) is 26.0 Å². The van der Waals surface area contributed by atoms with E-state index in [4.69, 9.17) is 14.5 Å². The summed E-state index contributed by atoms with van der Waals surface area (Å²) < 4.78 is 11.5. The van der Waals surface area contributed by atoms with Gasteiger partial charge in [-0.25, -0.2) is 4.99 Å². The molecule has 2 atom stereocenters. The second-order valence-electron chi connectivity index (χ2n) is 7.65. The first-order valence-electron chi connectivity index (χ1n) is 10.6.